The third kappa shape index (κ3) is 4.40. The van der Waals surface area contributed by atoms with Gasteiger partial charge in [-0.15, -0.1) is 0 Å². The molecule has 6 heteroatoms. The van der Waals surface area contributed by atoms with Gasteiger partial charge in [-0.1, -0.05) is 0 Å². The summed E-state index contributed by atoms with van der Waals surface area (Å²) < 4.78 is 5.19. The third-order valence-electron chi connectivity index (χ3n) is 2.57. The maximum atomic E-state index is 11.7. The summed E-state index contributed by atoms with van der Waals surface area (Å²) in [7, 11) is 0. The van der Waals surface area contributed by atoms with Crippen molar-refractivity contribution in [3.05, 3.63) is 23.2 Å². The molecule has 19 heavy (non-hydrogen) atoms. The van der Waals surface area contributed by atoms with Crippen molar-refractivity contribution in [2.45, 2.75) is 46.3 Å². The normalized spacial score (nSPS) is 12.5. The Morgan fingerprint density at radius 3 is 2.47 bits per heavy atom. The van der Waals surface area contributed by atoms with Gasteiger partial charge in [-0.05, 0) is 33.8 Å². The van der Waals surface area contributed by atoms with Gasteiger partial charge in [-0.2, -0.15) is 0 Å². The molecule has 0 saturated carbocycles. The van der Waals surface area contributed by atoms with Crippen molar-refractivity contribution in [2.24, 2.45) is 0 Å². The number of rotatable bonds is 6. The second-order valence-electron chi connectivity index (χ2n) is 4.80. The summed E-state index contributed by atoms with van der Waals surface area (Å²) in [5.74, 6) is -0.749. The number of hydrogen-bond donors (Lipinski definition) is 3. The highest BCUT2D eigenvalue weighted by molar-refractivity contribution is 5.86. The molecule has 1 aromatic rings. The topological polar surface area (TPSA) is 91.6 Å². The molecule has 1 amide bonds. The number of amides is 1. The van der Waals surface area contributed by atoms with Crippen molar-refractivity contribution in [2.75, 3.05) is 0 Å². The van der Waals surface area contributed by atoms with Crippen LogP contribution in [0.1, 0.15) is 42.6 Å². The first-order chi connectivity index (χ1) is 8.81. The zero-order valence-corrected chi connectivity index (χ0v) is 11.6. The number of aryl methyl sites for hydroxylation is 1. The van der Waals surface area contributed by atoms with E-state index in [1.807, 2.05) is 13.8 Å². The van der Waals surface area contributed by atoms with Crippen LogP contribution in [0, 0.1) is 6.92 Å². The summed E-state index contributed by atoms with van der Waals surface area (Å²) in [6.07, 6.45) is 0. The van der Waals surface area contributed by atoms with E-state index in [0.29, 0.717) is 17.9 Å². The minimum atomic E-state index is -1.09. The Labute approximate surface area is 112 Å². The minimum absolute atomic E-state index is 0.0592. The van der Waals surface area contributed by atoms with Crippen molar-refractivity contribution in [1.29, 1.82) is 0 Å². The molecule has 0 radical (unpaired) electrons. The molecule has 0 bridgehead atoms. The molecule has 1 aromatic heterocycles. The monoisotopic (exact) mass is 268 g/mol. The summed E-state index contributed by atoms with van der Waals surface area (Å²) in [5.41, 5.74) is 0.573. The van der Waals surface area contributed by atoms with Crippen molar-refractivity contribution in [3.8, 4) is 0 Å². The van der Waals surface area contributed by atoms with Gasteiger partial charge < -0.3 is 14.8 Å². The van der Waals surface area contributed by atoms with Crippen LogP contribution in [0.3, 0.4) is 0 Å². The van der Waals surface area contributed by atoms with Gasteiger partial charge in [-0.3, -0.25) is 10.1 Å². The van der Waals surface area contributed by atoms with E-state index in [2.05, 4.69) is 10.6 Å². The predicted molar refractivity (Wildman–Crippen MR) is 70.0 cm³/mol. The summed E-state index contributed by atoms with van der Waals surface area (Å²) in [5, 5.41) is 14.6. The van der Waals surface area contributed by atoms with Crippen LogP contribution in [-0.2, 0) is 11.3 Å². The summed E-state index contributed by atoms with van der Waals surface area (Å²) in [6, 6.07) is 1.37. The molecular formula is C13H20N2O4. The molecule has 0 aliphatic carbocycles. The maximum absolute atomic E-state index is 11.7. The van der Waals surface area contributed by atoms with Crippen molar-refractivity contribution >= 4 is 11.9 Å². The molecule has 3 N–H and O–H groups in total. The summed E-state index contributed by atoms with van der Waals surface area (Å²) >= 11 is 0. The number of carboxylic acids is 1. The van der Waals surface area contributed by atoms with Crippen molar-refractivity contribution in [1.82, 2.24) is 10.6 Å². The van der Waals surface area contributed by atoms with Gasteiger partial charge in [0.25, 0.3) is 0 Å². The van der Waals surface area contributed by atoms with Gasteiger partial charge in [0.05, 0.1) is 12.6 Å². The van der Waals surface area contributed by atoms with Crippen LogP contribution in [0.2, 0.25) is 0 Å². The maximum Gasteiger partial charge on any atom is 0.372 e. The van der Waals surface area contributed by atoms with E-state index in [4.69, 9.17) is 9.52 Å². The Morgan fingerprint density at radius 2 is 2.00 bits per heavy atom. The predicted octanol–water partition coefficient (Wildman–Crippen LogP) is 1.29. The molecular weight excluding hydrogens is 248 g/mol. The zero-order valence-electron chi connectivity index (χ0n) is 11.6. The lowest BCUT2D eigenvalue weighted by Gasteiger charge is -2.15. The van der Waals surface area contributed by atoms with E-state index < -0.39 is 5.97 Å². The summed E-state index contributed by atoms with van der Waals surface area (Å²) in [6.45, 7) is 7.50. The number of nitrogens with one attached hydrogen (secondary N) is 2. The molecule has 106 valence electrons. The van der Waals surface area contributed by atoms with Gasteiger partial charge in [0.1, 0.15) is 5.76 Å². The Balaban J connectivity index is 2.55. The molecule has 1 rings (SSSR count). The van der Waals surface area contributed by atoms with Gasteiger partial charge >= 0.3 is 5.97 Å². The van der Waals surface area contributed by atoms with E-state index in [0.717, 1.165) is 0 Å². The Kier molecular flexibility index (Phi) is 5.11. The van der Waals surface area contributed by atoms with E-state index in [9.17, 15) is 9.59 Å². The molecule has 0 aliphatic rings. The molecule has 1 heterocycles. The van der Waals surface area contributed by atoms with Crippen LogP contribution in [0.4, 0.5) is 0 Å². The quantitative estimate of drug-likeness (QED) is 0.723. The average molecular weight is 268 g/mol. The lowest BCUT2D eigenvalue weighted by Crippen LogP contribution is -2.44. The van der Waals surface area contributed by atoms with Crippen LogP contribution in [0.15, 0.2) is 10.5 Å². The number of carboxylic acid groups (broad SMARTS) is 1. The molecule has 0 fully saturated rings. The van der Waals surface area contributed by atoms with Gasteiger partial charge in [0.15, 0.2) is 0 Å². The van der Waals surface area contributed by atoms with Gasteiger partial charge in [0.2, 0.25) is 11.7 Å². The highest BCUT2D eigenvalue weighted by atomic mass is 16.4. The first kappa shape index (κ1) is 15.2. The number of hydrogen-bond acceptors (Lipinski definition) is 4. The summed E-state index contributed by atoms with van der Waals surface area (Å²) in [4.78, 5) is 22.5. The number of furan rings is 1. The Bertz CT molecular complexity index is 465. The van der Waals surface area contributed by atoms with Crippen molar-refractivity contribution < 1.29 is 19.1 Å². The highest BCUT2D eigenvalue weighted by Gasteiger charge is 2.16. The van der Waals surface area contributed by atoms with Crippen LogP contribution >= 0.6 is 0 Å². The largest absolute Gasteiger partial charge is 0.475 e. The van der Waals surface area contributed by atoms with Crippen LogP contribution in [0.5, 0.6) is 0 Å². The second-order valence-corrected chi connectivity index (χ2v) is 4.80. The lowest BCUT2D eigenvalue weighted by molar-refractivity contribution is -0.123. The van der Waals surface area contributed by atoms with E-state index in [1.54, 1.807) is 19.9 Å². The molecule has 6 nitrogen and oxygen atoms in total. The molecule has 0 aliphatic heterocycles. The number of carbonyl (C=O) groups is 2. The highest BCUT2D eigenvalue weighted by Crippen LogP contribution is 2.14. The minimum Gasteiger partial charge on any atom is -0.475 e. The molecule has 1 unspecified atom stereocenters. The van der Waals surface area contributed by atoms with E-state index in [1.165, 1.54) is 0 Å². The fraction of sp³-hybridized carbons (Fsp3) is 0.538. The first-order valence-electron chi connectivity index (χ1n) is 6.17. The van der Waals surface area contributed by atoms with Gasteiger partial charge in [0, 0.05) is 11.6 Å². The molecule has 0 spiro atoms. The lowest BCUT2D eigenvalue weighted by atomic mass is 10.2. The van der Waals surface area contributed by atoms with Gasteiger partial charge in [-0.25, -0.2) is 4.79 Å². The molecule has 0 aromatic carbocycles. The van der Waals surface area contributed by atoms with E-state index in [-0.39, 0.29) is 23.8 Å². The second kappa shape index (κ2) is 6.38. The fourth-order valence-corrected chi connectivity index (χ4v) is 1.60. The van der Waals surface area contributed by atoms with Crippen molar-refractivity contribution in [3.63, 3.8) is 0 Å². The first-order valence-corrected chi connectivity index (χ1v) is 6.17. The Morgan fingerprint density at radius 1 is 1.37 bits per heavy atom. The number of carbonyl (C=O) groups excluding carboxylic acids is 1. The number of aromatic carboxylic acids is 1. The van der Waals surface area contributed by atoms with Crippen LogP contribution in [-0.4, -0.2) is 29.1 Å². The Hall–Kier alpha value is -1.82. The molecule has 1 atom stereocenters. The standard InChI is InChI=1S/C13H20N2O4/c1-7(2)15-12(16)9(4)14-6-10-5-8(3)11(19-10)13(17)18/h5,7,9,14H,6H2,1-4H3,(H,15,16)(H,17,18). The molecule has 0 saturated heterocycles. The van der Waals surface area contributed by atoms with E-state index >= 15 is 0 Å². The SMILES string of the molecule is Cc1cc(CNC(C)C(=O)NC(C)C)oc1C(=O)O. The zero-order chi connectivity index (χ0) is 14.6. The fourth-order valence-electron chi connectivity index (χ4n) is 1.60. The van der Waals surface area contributed by atoms with Crippen LogP contribution in [0.25, 0.3) is 0 Å². The average Bonchev–Trinajstić information content (AvgIpc) is 2.66. The van der Waals surface area contributed by atoms with Crippen LogP contribution < -0.4 is 10.6 Å². The third-order valence-corrected chi connectivity index (χ3v) is 2.57. The smallest absolute Gasteiger partial charge is 0.372 e.